The fourth-order valence-electron chi connectivity index (χ4n) is 3.53. The van der Waals surface area contributed by atoms with Crippen molar-refractivity contribution in [1.29, 1.82) is 0 Å². The minimum absolute atomic E-state index is 0.0184. The third kappa shape index (κ3) is 3.40. The first kappa shape index (κ1) is 16.9. The van der Waals surface area contributed by atoms with Crippen molar-refractivity contribution >= 4 is 34.8 Å². The third-order valence-corrected chi connectivity index (χ3v) is 5.23. The number of aryl methyl sites for hydroxylation is 1. The maximum Gasteiger partial charge on any atom is 0.254 e. The van der Waals surface area contributed by atoms with E-state index in [1.54, 1.807) is 24.3 Å². The standard InChI is InChI=1S/C20H20ClN3O2/c21-16-3-1-2-15(12-16)20(26)24-10-8-23(9-11-24)17-6-4-14-5-7-19(25)22-18(14)13-17/h1-4,6,12-13H,5,7-11H2,(H,22,25). The van der Waals surface area contributed by atoms with Crippen LogP contribution in [0.25, 0.3) is 0 Å². The van der Waals surface area contributed by atoms with Crippen LogP contribution in [0.2, 0.25) is 5.02 Å². The smallest absolute Gasteiger partial charge is 0.254 e. The van der Waals surface area contributed by atoms with Crippen LogP contribution in [0.5, 0.6) is 0 Å². The molecular formula is C20H20ClN3O2. The van der Waals surface area contributed by atoms with E-state index in [2.05, 4.69) is 22.3 Å². The van der Waals surface area contributed by atoms with Crippen LogP contribution in [0, 0.1) is 0 Å². The molecule has 2 aromatic carbocycles. The fraction of sp³-hybridized carbons (Fsp3) is 0.300. The summed E-state index contributed by atoms with van der Waals surface area (Å²) in [6.07, 6.45) is 1.35. The lowest BCUT2D eigenvalue weighted by Gasteiger charge is -2.36. The van der Waals surface area contributed by atoms with E-state index in [1.807, 2.05) is 11.0 Å². The Morgan fingerprint density at radius 3 is 2.58 bits per heavy atom. The zero-order valence-corrected chi connectivity index (χ0v) is 15.1. The first-order chi connectivity index (χ1) is 12.6. The number of hydrogen-bond donors (Lipinski definition) is 1. The number of carbonyl (C=O) groups excluding carboxylic acids is 2. The monoisotopic (exact) mass is 369 g/mol. The van der Waals surface area contributed by atoms with Gasteiger partial charge in [-0.2, -0.15) is 0 Å². The van der Waals surface area contributed by atoms with E-state index < -0.39 is 0 Å². The Morgan fingerprint density at radius 2 is 1.81 bits per heavy atom. The lowest BCUT2D eigenvalue weighted by molar-refractivity contribution is -0.116. The Hall–Kier alpha value is -2.53. The highest BCUT2D eigenvalue weighted by atomic mass is 35.5. The second kappa shape index (κ2) is 7.00. The topological polar surface area (TPSA) is 52.7 Å². The van der Waals surface area contributed by atoms with E-state index in [0.29, 0.717) is 30.1 Å². The minimum atomic E-state index is 0.0184. The van der Waals surface area contributed by atoms with Gasteiger partial charge in [0.05, 0.1) is 0 Å². The van der Waals surface area contributed by atoms with E-state index in [0.717, 1.165) is 30.9 Å². The molecule has 26 heavy (non-hydrogen) atoms. The molecule has 4 rings (SSSR count). The molecule has 0 atom stereocenters. The third-order valence-electron chi connectivity index (χ3n) is 4.99. The summed E-state index contributed by atoms with van der Waals surface area (Å²) in [6.45, 7) is 2.85. The van der Waals surface area contributed by atoms with E-state index >= 15 is 0 Å². The first-order valence-corrected chi connectivity index (χ1v) is 9.20. The summed E-state index contributed by atoms with van der Waals surface area (Å²) in [7, 11) is 0. The maximum atomic E-state index is 12.6. The number of halogens is 1. The molecule has 0 unspecified atom stereocenters. The van der Waals surface area contributed by atoms with Gasteiger partial charge in [0.1, 0.15) is 0 Å². The highest BCUT2D eigenvalue weighted by molar-refractivity contribution is 6.30. The summed E-state index contributed by atoms with van der Waals surface area (Å²) in [6, 6.07) is 13.3. The van der Waals surface area contributed by atoms with Crippen LogP contribution in [0.1, 0.15) is 22.3 Å². The number of amides is 2. The van der Waals surface area contributed by atoms with Gasteiger partial charge < -0.3 is 15.1 Å². The number of rotatable bonds is 2. The predicted molar refractivity (Wildman–Crippen MR) is 103 cm³/mol. The van der Waals surface area contributed by atoms with Crippen LogP contribution >= 0.6 is 11.6 Å². The van der Waals surface area contributed by atoms with Crippen LogP contribution in [-0.2, 0) is 11.2 Å². The van der Waals surface area contributed by atoms with Gasteiger partial charge in [-0.25, -0.2) is 0 Å². The molecule has 2 heterocycles. The largest absolute Gasteiger partial charge is 0.368 e. The lowest BCUT2D eigenvalue weighted by Crippen LogP contribution is -2.48. The summed E-state index contributed by atoms with van der Waals surface area (Å²) in [5.41, 5.74) is 3.81. The van der Waals surface area contributed by atoms with Crippen molar-refractivity contribution in [3.05, 3.63) is 58.6 Å². The quantitative estimate of drug-likeness (QED) is 0.884. The number of carbonyl (C=O) groups is 2. The van der Waals surface area contributed by atoms with Crippen molar-refractivity contribution in [2.24, 2.45) is 0 Å². The number of anilines is 2. The van der Waals surface area contributed by atoms with Crippen molar-refractivity contribution in [3.63, 3.8) is 0 Å². The zero-order valence-electron chi connectivity index (χ0n) is 14.4. The van der Waals surface area contributed by atoms with Crippen molar-refractivity contribution in [3.8, 4) is 0 Å². The second-order valence-electron chi connectivity index (χ2n) is 6.68. The Bertz CT molecular complexity index is 860. The van der Waals surface area contributed by atoms with Gasteiger partial charge in [0.2, 0.25) is 5.91 Å². The minimum Gasteiger partial charge on any atom is -0.368 e. The number of hydrogen-bond acceptors (Lipinski definition) is 3. The van der Waals surface area contributed by atoms with Crippen molar-refractivity contribution in [2.45, 2.75) is 12.8 Å². The fourth-order valence-corrected chi connectivity index (χ4v) is 3.72. The summed E-state index contributed by atoms with van der Waals surface area (Å²) < 4.78 is 0. The number of nitrogens with one attached hydrogen (secondary N) is 1. The predicted octanol–water partition coefficient (Wildman–Crippen LogP) is 3.19. The van der Waals surface area contributed by atoms with Gasteiger partial charge in [0, 0.05) is 54.6 Å². The molecule has 2 amide bonds. The van der Waals surface area contributed by atoms with Crippen LogP contribution in [0.3, 0.4) is 0 Å². The van der Waals surface area contributed by atoms with Gasteiger partial charge in [-0.1, -0.05) is 23.7 Å². The van der Waals surface area contributed by atoms with Gasteiger partial charge in [-0.05, 0) is 42.3 Å². The summed E-state index contributed by atoms with van der Waals surface area (Å²) in [4.78, 5) is 28.4. The van der Waals surface area contributed by atoms with Crippen LogP contribution in [0.15, 0.2) is 42.5 Å². The van der Waals surface area contributed by atoms with Gasteiger partial charge >= 0.3 is 0 Å². The summed E-state index contributed by atoms with van der Waals surface area (Å²) in [5, 5.41) is 3.53. The van der Waals surface area contributed by atoms with Gasteiger partial charge in [-0.15, -0.1) is 0 Å². The molecule has 134 valence electrons. The van der Waals surface area contributed by atoms with Crippen molar-refractivity contribution in [1.82, 2.24) is 4.90 Å². The Morgan fingerprint density at radius 1 is 1.00 bits per heavy atom. The molecule has 0 radical (unpaired) electrons. The normalized spacial score (nSPS) is 16.9. The molecule has 1 saturated heterocycles. The van der Waals surface area contributed by atoms with E-state index in [1.165, 1.54) is 5.56 Å². The molecule has 0 bridgehead atoms. The van der Waals surface area contributed by atoms with Gasteiger partial charge in [0.15, 0.2) is 0 Å². The molecule has 0 saturated carbocycles. The molecule has 0 spiro atoms. The Balaban J connectivity index is 1.43. The number of nitrogens with zero attached hydrogens (tertiary/aromatic N) is 2. The summed E-state index contributed by atoms with van der Waals surface area (Å²) >= 11 is 5.99. The average Bonchev–Trinajstić information content (AvgIpc) is 2.67. The molecule has 0 aliphatic carbocycles. The highest BCUT2D eigenvalue weighted by Gasteiger charge is 2.23. The molecule has 1 N–H and O–H groups in total. The SMILES string of the molecule is O=C1CCc2ccc(N3CCN(C(=O)c4cccc(Cl)c4)CC3)cc2N1. The molecule has 1 fully saturated rings. The van der Waals surface area contributed by atoms with Gasteiger partial charge in [0.25, 0.3) is 5.91 Å². The van der Waals surface area contributed by atoms with Gasteiger partial charge in [-0.3, -0.25) is 9.59 Å². The molecule has 5 nitrogen and oxygen atoms in total. The van der Waals surface area contributed by atoms with E-state index in [-0.39, 0.29) is 11.8 Å². The average molecular weight is 370 g/mol. The van der Waals surface area contributed by atoms with Crippen LogP contribution < -0.4 is 10.2 Å². The van der Waals surface area contributed by atoms with Crippen LogP contribution in [0.4, 0.5) is 11.4 Å². The molecule has 2 aliphatic rings. The lowest BCUT2D eigenvalue weighted by atomic mass is 10.0. The maximum absolute atomic E-state index is 12.6. The van der Waals surface area contributed by atoms with Crippen molar-refractivity contribution in [2.75, 3.05) is 36.4 Å². The molecule has 6 heteroatoms. The van der Waals surface area contributed by atoms with E-state index in [9.17, 15) is 9.59 Å². The zero-order chi connectivity index (χ0) is 18.1. The van der Waals surface area contributed by atoms with E-state index in [4.69, 9.17) is 11.6 Å². The van der Waals surface area contributed by atoms with Crippen LogP contribution in [-0.4, -0.2) is 42.9 Å². The second-order valence-corrected chi connectivity index (χ2v) is 7.12. The number of benzene rings is 2. The molecule has 2 aliphatic heterocycles. The highest BCUT2D eigenvalue weighted by Crippen LogP contribution is 2.28. The molecular weight excluding hydrogens is 350 g/mol. The Kier molecular flexibility index (Phi) is 4.55. The number of piperazine rings is 1. The number of fused-ring (bicyclic) bond motifs is 1. The van der Waals surface area contributed by atoms with Crippen molar-refractivity contribution < 1.29 is 9.59 Å². The first-order valence-electron chi connectivity index (χ1n) is 8.83. The Labute approximate surface area is 157 Å². The molecule has 0 aromatic heterocycles. The summed E-state index contributed by atoms with van der Waals surface area (Å²) in [5.74, 6) is 0.0939. The molecule has 2 aromatic rings.